The van der Waals surface area contributed by atoms with E-state index in [9.17, 15) is 9.90 Å². The highest BCUT2D eigenvalue weighted by Crippen LogP contribution is 2.25. The van der Waals surface area contributed by atoms with Crippen molar-refractivity contribution < 1.29 is 15.0 Å². The van der Waals surface area contributed by atoms with E-state index < -0.39 is 5.97 Å². The quantitative estimate of drug-likeness (QED) is 0.762. The molecule has 2 N–H and O–H groups in total. The van der Waals surface area contributed by atoms with Crippen LogP contribution in [0.5, 0.6) is 0 Å². The first-order valence-corrected chi connectivity index (χ1v) is 5.97. The summed E-state index contributed by atoms with van der Waals surface area (Å²) in [5.41, 5.74) is 0. The van der Waals surface area contributed by atoms with Crippen molar-refractivity contribution in [1.29, 1.82) is 0 Å². The molecular weight excluding hydrogens is 192 g/mol. The molecule has 0 amide bonds. The third-order valence-corrected chi connectivity index (χ3v) is 2.80. The monoisotopic (exact) mass is 216 g/mol. The molecule has 1 fully saturated rings. The molecule has 1 unspecified atom stereocenters. The van der Waals surface area contributed by atoms with E-state index in [4.69, 9.17) is 5.11 Å². The Morgan fingerprint density at radius 2 is 1.87 bits per heavy atom. The lowest BCUT2D eigenvalue weighted by atomic mass is 9.86. The van der Waals surface area contributed by atoms with Crippen molar-refractivity contribution in [2.45, 2.75) is 64.9 Å². The first-order valence-electron chi connectivity index (χ1n) is 5.97. The molecule has 1 aliphatic rings. The smallest absolute Gasteiger partial charge is 0.303 e. The fourth-order valence-corrected chi connectivity index (χ4v) is 1.83. The van der Waals surface area contributed by atoms with Crippen LogP contribution in [0.25, 0.3) is 0 Å². The maximum atomic E-state index is 9.60. The van der Waals surface area contributed by atoms with Gasteiger partial charge < -0.3 is 10.2 Å². The van der Waals surface area contributed by atoms with Crippen LogP contribution in [0, 0.1) is 5.92 Å². The molecule has 0 aromatic rings. The lowest BCUT2D eigenvalue weighted by Crippen LogP contribution is -2.19. The number of rotatable bonds is 3. The van der Waals surface area contributed by atoms with Crippen molar-refractivity contribution in [3.05, 3.63) is 0 Å². The minimum atomic E-state index is -0.711. The molecule has 90 valence electrons. The average Bonchev–Trinajstić information content (AvgIpc) is 2.20. The number of carboxylic acids is 1. The highest BCUT2D eigenvalue weighted by molar-refractivity contribution is 5.66. The highest BCUT2D eigenvalue weighted by Gasteiger charge is 2.17. The van der Waals surface area contributed by atoms with Crippen LogP contribution in [0.3, 0.4) is 0 Å². The summed E-state index contributed by atoms with van der Waals surface area (Å²) in [5.74, 6) is -0.101. The first-order chi connectivity index (χ1) is 7.07. The first kappa shape index (κ1) is 14.4. The molecule has 0 saturated heterocycles. The Balaban J connectivity index is 0.000000288. The fraction of sp³-hybridized carbons (Fsp3) is 0.917. The van der Waals surface area contributed by atoms with E-state index in [0.717, 1.165) is 6.42 Å². The fourth-order valence-electron chi connectivity index (χ4n) is 1.83. The van der Waals surface area contributed by atoms with Crippen LogP contribution < -0.4 is 0 Å². The molecule has 0 aliphatic heterocycles. The number of aliphatic carboxylic acids is 1. The molecular formula is C12H24O3. The summed E-state index contributed by atoms with van der Waals surface area (Å²) in [6.45, 7) is 3.75. The Morgan fingerprint density at radius 1 is 1.33 bits per heavy atom. The molecule has 1 rings (SSSR count). The van der Waals surface area contributed by atoms with Gasteiger partial charge in [-0.3, -0.25) is 4.79 Å². The molecule has 15 heavy (non-hydrogen) atoms. The summed E-state index contributed by atoms with van der Waals surface area (Å²) in [5, 5.41) is 17.1. The summed E-state index contributed by atoms with van der Waals surface area (Å²) < 4.78 is 0. The molecule has 1 atom stereocenters. The molecule has 3 nitrogen and oxygen atoms in total. The van der Waals surface area contributed by atoms with Gasteiger partial charge in [-0.2, -0.15) is 0 Å². The molecule has 0 bridgehead atoms. The summed E-state index contributed by atoms with van der Waals surface area (Å²) in [6.07, 6.45) is 7.49. The minimum Gasteiger partial charge on any atom is -0.481 e. The van der Waals surface area contributed by atoms with E-state index in [2.05, 4.69) is 0 Å². The second kappa shape index (κ2) is 8.72. The lowest BCUT2D eigenvalue weighted by molar-refractivity contribution is -0.137. The maximum Gasteiger partial charge on any atom is 0.303 e. The van der Waals surface area contributed by atoms with Gasteiger partial charge in [0.05, 0.1) is 6.10 Å². The van der Waals surface area contributed by atoms with Gasteiger partial charge in [0.2, 0.25) is 0 Å². The van der Waals surface area contributed by atoms with Crippen LogP contribution in [0.4, 0.5) is 0 Å². The molecule has 1 saturated carbocycles. The maximum absolute atomic E-state index is 9.60. The van der Waals surface area contributed by atoms with E-state index >= 15 is 0 Å². The molecule has 0 heterocycles. The van der Waals surface area contributed by atoms with Gasteiger partial charge in [0, 0.05) is 6.42 Å². The average molecular weight is 216 g/mol. The summed E-state index contributed by atoms with van der Waals surface area (Å²) in [6, 6.07) is 0. The van der Waals surface area contributed by atoms with Gasteiger partial charge >= 0.3 is 5.97 Å². The Labute approximate surface area is 92.5 Å². The van der Waals surface area contributed by atoms with Gasteiger partial charge in [0.1, 0.15) is 0 Å². The molecule has 0 spiro atoms. The summed E-state index contributed by atoms with van der Waals surface area (Å²) in [7, 11) is 0. The zero-order valence-electron chi connectivity index (χ0n) is 9.91. The number of hydrogen-bond acceptors (Lipinski definition) is 2. The highest BCUT2D eigenvalue weighted by atomic mass is 16.4. The Morgan fingerprint density at radius 3 is 2.07 bits per heavy atom. The van der Waals surface area contributed by atoms with Crippen LogP contribution in [0.15, 0.2) is 0 Å². The number of aliphatic hydroxyl groups excluding tert-OH is 1. The van der Waals surface area contributed by atoms with Crippen LogP contribution in [-0.4, -0.2) is 22.3 Å². The van der Waals surface area contributed by atoms with Crippen LogP contribution in [0.2, 0.25) is 0 Å². The number of aliphatic hydroxyl groups is 1. The van der Waals surface area contributed by atoms with E-state index in [1.165, 1.54) is 32.1 Å². The second-order valence-electron chi connectivity index (χ2n) is 4.28. The molecule has 0 aromatic carbocycles. The normalized spacial score (nSPS) is 18.9. The molecule has 0 aromatic heterocycles. The number of hydrogen-bond donors (Lipinski definition) is 2. The van der Waals surface area contributed by atoms with E-state index in [-0.39, 0.29) is 6.10 Å². The zero-order chi connectivity index (χ0) is 11.7. The van der Waals surface area contributed by atoms with Crippen molar-refractivity contribution in [3.8, 4) is 0 Å². The SMILES string of the molecule is CC(O)C1CCCCC1.CCCC(=O)O. The van der Waals surface area contributed by atoms with Crippen LogP contribution >= 0.6 is 0 Å². The molecule has 1 aliphatic carbocycles. The van der Waals surface area contributed by atoms with Gasteiger partial charge in [-0.15, -0.1) is 0 Å². The Kier molecular flexibility index (Phi) is 8.38. The van der Waals surface area contributed by atoms with Crippen molar-refractivity contribution in [3.63, 3.8) is 0 Å². The number of carbonyl (C=O) groups is 1. The Hall–Kier alpha value is -0.570. The summed E-state index contributed by atoms with van der Waals surface area (Å²) in [4.78, 5) is 9.60. The lowest BCUT2D eigenvalue weighted by Gasteiger charge is -2.23. The topological polar surface area (TPSA) is 57.5 Å². The number of carboxylic acid groups (broad SMARTS) is 1. The largest absolute Gasteiger partial charge is 0.481 e. The van der Waals surface area contributed by atoms with Gasteiger partial charge in [-0.1, -0.05) is 26.2 Å². The molecule has 0 radical (unpaired) electrons. The van der Waals surface area contributed by atoms with Crippen molar-refractivity contribution >= 4 is 5.97 Å². The van der Waals surface area contributed by atoms with Gasteiger partial charge in [0.15, 0.2) is 0 Å². The Bertz CT molecular complexity index is 160. The van der Waals surface area contributed by atoms with Crippen molar-refractivity contribution in [1.82, 2.24) is 0 Å². The van der Waals surface area contributed by atoms with Gasteiger partial charge in [-0.25, -0.2) is 0 Å². The molecule has 3 heteroatoms. The third-order valence-electron chi connectivity index (χ3n) is 2.80. The predicted octanol–water partition coefficient (Wildman–Crippen LogP) is 2.82. The van der Waals surface area contributed by atoms with E-state index in [1.54, 1.807) is 0 Å². The van der Waals surface area contributed by atoms with Gasteiger partial charge in [-0.05, 0) is 32.1 Å². The summed E-state index contributed by atoms with van der Waals surface area (Å²) >= 11 is 0. The standard InChI is InChI=1S/C8H16O.C4H8O2/c1-7(9)8-5-3-2-4-6-8;1-2-3-4(5)6/h7-9H,2-6H2,1H3;2-3H2,1H3,(H,5,6). The third kappa shape index (κ3) is 8.43. The second-order valence-corrected chi connectivity index (χ2v) is 4.28. The van der Waals surface area contributed by atoms with Crippen LogP contribution in [0.1, 0.15) is 58.8 Å². The van der Waals surface area contributed by atoms with Crippen molar-refractivity contribution in [2.75, 3.05) is 0 Å². The van der Waals surface area contributed by atoms with E-state index in [1.807, 2.05) is 13.8 Å². The van der Waals surface area contributed by atoms with Crippen LogP contribution in [-0.2, 0) is 4.79 Å². The zero-order valence-corrected chi connectivity index (χ0v) is 9.91. The predicted molar refractivity (Wildman–Crippen MR) is 60.8 cm³/mol. The minimum absolute atomic E-state index is 0.0645. The van der Waals surface area contributed by atoms with Crippen molar-refractivity contribution in [2.24, 2.45) is 5.92 Å². The van der Waals surface area contributed by atoms with Gasteiger partial charge in [0.25, 0.3) is 0 Å². The van der Waals surface area contributed by atoms with E-state index in [0.29, 0.717) is 12.3 Å².